The standard InChI is InChI=1S/C26H28FN3O4/c1-17-13-18(2)23(29-25(32)34-21-7-12-33-16-21)14-22(17)24(31)30-10-8-26(27,9-11-30)20-5-3-19(15-28)4-6-20/h3-6,13-14,21H,7-12,16H2,1-2H3,(H,29,32). The van der Waals surface area contributed by atoms with Crippen molar-refractivity contribution in [3.8, 4) is 6.07 Å². The molecule has 2 amide bonds. The number of nitriles is 1. The van der Waals surface area contributed by atoms with Crippen LogP contribution in [0.2, 0.25) is 0 Å². The average molecular weight is 466 g/mol. The number of ether oxygens (including phenoxy) is 2. The molecule has 0 saturated carbocycles. The average Bonchev–Trinajstić information content (AvgIpc) is 3.34. The molecule has 0 bridgehead atoms. The molecule has 2 saturated heterocycles. The van der Waals surface area contributed by atoms with Gasteiger partial charge >= 0.3 is 6.09 Å². The Hall–Kier alpha value is -3.44. The van der Waals surface area contributed by atoms with E-state index < -0.39 is 11.8 Å². The number of hydrogen-bond acceptors (Lipinski definition) is 5. The molecule has 4 rings (SSSR count). The summed E-state index contributed by atoms with van der Waals surface area (Å²) >= 11 is 0. The van der Waals surface area contributed by atoms with Gasteiger partial charge in [0.1, 0.15) is 11.8 Å². The Bertz CT molecular complexity index is 1110. The lowest BCUT2D eigenvalue weighted by atomic mass is 9.85. The molecule has 8 heteroatoms. The van der Waals surface area contributed by atoms with Gasteiger partial charge < -0.3 is 14.4 Å². The number of nitrogens with one attached hydrogen (secondary N) is 1. The first kappa shape index (κ1) is 23.7. The molecular weight excluding hydrogens is 437 g/mol. The highest BCUT2D eigenvalue weighted by molar-refractivity contribution is 5.98. The first-order chi connectivity index (χ1) is 16.3. The van der Waals surface area contributed by atoms with Crippen LogP contribution in [0, 0.1) is 25.2 Å². The zero-order chi connectivity index (χ0) is 24.3. The molecule has 2 heterocycles. The molecule has 178 valence electrons. The number of carbonyl (C=O) groups is 2. The van der Waals surface area contributed by atoms with Gasteiger partial charge in [0, 0.05) is 43.6 Å². The van der Waals surface area contributed by atoms with Crippen LogP contribution in [0.25, 0.3) is 0 Å². The number of hydrogen-bond donors (Lipinski definition) is 1. The second-order valence-electron chi connectivity index (χ2n) is 8.94. The molecule has 1 unspecified atom stereocenters. The molecule has 7 nitrogen and oxygen atoms in total. The van der Waals surface area contributed by atoms with Crippen molar-refractivity contribution in [3.05, 3.63) is 64.2 Å². The highest BCUT2D eigenvalue weighted by atomic mass is 19.1. The Balaban J connectivity index is 1.43. The number of alkyl halides is 1. The monoisotopic (exact) mass is 465 g/mol. The van der Waals surface area contributed by atoms with Crippen molar-refractivity contribution in [2.75, 3.05) is 31.6 Å². The smallest absolute Gasteiger partial charge is 0.411 e. The van der Waals surface area contributed by atoms with Crippen molar-refractivity contribution in [3.63, 3.8) is 0 Å². The van der Waals surface area contributed by atoms with Gasteiger partial charge in [0.2, 0.25) is 0 Å². The fourth-order valence-corrected chi connectivity index (χ4v) is 4.48. The zero-order valence-electron chi connectivity index (χ0n) is 19.4. The third-order valence-corrected chi connectivity index (χ3v) is 6.57. The molecule has 2 fully saturated rings. The summed E-state index contributed by atoms with van der Waals surface area (Å²) in [5.74, 6) is -0.194. The maximum absolute atomic E-state index is 15.6. The predicted octanol–water partition coefficient (Wildman–Crippen LogP) is 4.61. The van der Waals surface area contributed by atoms with E-state index in [9.17, 15) is 9.59 Å². The molecule has 0 aliphatic carbocycles. The topological polar surface area (TPSA) is 91.7 Å². The minimum atomic E-state index is -1.53. The van der Waals surface area contributed by atoms with E-state index >= 15 is 4.39 Å². The van der Waals surface area contributed by atoms with E-state index in [1.165, 1.54) is 0 Å². The van der Waals surface area contributed by atoms with E-state index in [0.29, 0.717) is 42.0 Å². The highest BCUT2D eigenvalue weighted by Gasteiger charge is 2.38. The summed E-state index contributed by atoms with van der Waals surface area (Å²) in [5.41, 5.74) is 2.06. The number of anilines is 1. The van der Waals surface area contributed by atoms with E-state index in [1.54, 1.807) is 35.2 Å². The van der Waals surface area contributed by atoms with Gasteiger partial charge in [0.05, 0.1) is 24.8 Å². The molecule has 0 aromatic heterocycles. The van der Waals surface area contributed by atoms with E-state index in [1.807, 2.05) is 26.0 Å². The number of halogens is 1. The van der Waals surface area contributed by atoms with E-state index in [2.05, 4.69) is 5.32 Å². The van der Waals surface area contributed by atoms with Gasteiger partial charge in [-0.15, -0.1) is 0 Å². The summed E-state index contributed by atoms with van der Waals surface area (Å²) in [7, 11) is 0. The SMILES string of the molecule is Cc1cc(C)c(C(=O)N2CCC(F)(c3ccc(C#N)cc3)CC2)cc1NC(=O)OC1CCOC1. The summed E-state index contributed by atoms with van der Waals surface area (Å²) < 4.78 is 26.2. The number of rotatable bonds is 4. The van der Waals surface area contributed by atoms with Crippen LogP contribution in [0.15, 0.2) is 36.4 Å². The fraction of sp³-hybridized carbons (Fsp3) is 0.423. The Labute approximate surface area is 198 Å². The van der Waals surface area contributed by atoms with Crippen LogP contribution >= 0.6 is 0 Å². The lowest BCUT2D eigenvalue weighted by Gasteiger charge is -2.37. The number of likely N-dealkylation sites (tertiary alicyclic amines) is 1. The number of nitrogens with zero attached hydrogens (tertiary/aromatic N) is 2. The first-order valence-corrected chi connectivity index (χ1v) is 11.4. The first-order valence-electron chi connectivity index (χ1n) is 11.4. The number of aryl methyl sites for hydroxylation is 2. The van der Waals surface area contributed by atoms with Gasteiger partial charge in [0.25, 0.3) is 5.91 Å². The highest BCUT2D eigenvalue weighted by Crippen LogP contribution is 2.37. The van der Waals surface area contributed by atoms with Gasteiger partial charge in [0.15, 0.2) is 0 Å². The summed E-state index contributed by atoms with van der Waals surface area (Å²) in [6.07, 6.45) is 0.172. The summed E-state index contributed by atoms with van der Waals surface area (Å²) in [6, 6.07) is 12.1. The van der Waals surface area contributed by atoms with Gasteiger partial charge in [-0.25, -0.2) is 9.18 Å². The van der Waals surface area contributed by atoms with Crippen molar-refractivity contribution in [1.29, 1.82) is 5.26 Å². The molecule has 2 aromatic rings. The molecular formula is C26H28FN3O4. The van der Waals surface area contributed by atoms with Crippen molar-refractivity contribution < 1.29 is 23.5 Å². The molecule has 0 radical (unpaired) electrons. The third kappa shape index (κ3) is 5.05. The van der Waals surface area contributed by atoms with Crippen LogP contribution in [0.1, 0.15) is 51.9 Å². The second kappa shape index (κ2) is 9.82. The summed E-state index contributed by atoms with van der Waals surface area (Å²) in [6.45, 7) is 5.20. The Morgan fingerprint density at radius 1 is 1.18 bits per heavy atom. The molecule has 2 aromatic carbocycles. The van der Waals surface area contributed by atoms with Gasteiger partial charge in [-0.2, -0.15) is 5.26 Å². The third-order valence-electron chi connectivity index (χ3n) is 6.57. The molecule has 1 N–H and O–H groups in total. The number of amides is 2. The number of piperidine rings is 1. The lowest BCUT2D eigenvalue weighted by Crippen LogP contribution is -2.43. The van der Waals surface area contributed by atoms with Crippen molar-refractivity contribution >= 4 is 17.7 Å². The Morgan fingerprint density at radius 3 is 2.50 bits per heavy atom. The normalized spacial score (nSPS) is 19.4. The van der Waals surface area contributed by atoms with Crippen LogP contribution in [-0.4, -0.2) is 49.3 Å². The zero-order valence-corrected chi connectivity index (χ0v) is 19.4. The summed E-state index contributed by atoms with van der Waals surface area (Å²) in [4.78, 5) is 27.2. The molecule has 34 heavy (non-hydrogen) atoms. The fourth-order valence-electron chi connectivity index (χ4n) is 4.48. The molecule has 2 aliphatic rings. The van der Waals surface area contributed by atoms with Gasteiger partial charge in [-0.1, -0.05) is 18.2 Å². The Kier molecular flexibility index (Phi) is 6.85. The Morgan fingerprint density at radius 2 is 1.88 bits per heavy atom. The van der Waals surface area contributed by atoms with Crippen LogP contribution in [0.5, 0.6) is 0 Å². The summed E-state index contributed by atoms with van der Waals surface area (Å²) in [5, 5.41) is 11.7. The van der Waals surface area contributed by atoms with Crippen LogP contribution in [-0.2, 0) is 15.1 Å². The second-order valence-corrected chi connectivity index (χ2v) is 8.94. The quantitative estimate of drug-likeness (QED) is 0.712. The van der Waals surface area contributed by atoms with Crippen LogP contribution in [0.3, 0.4) is 0 Å². The van der Waals surface area contributed by atoms with Crippen LogP contribution in [0.4, 0.5) is 14.9 Å². The van der Waals surface area contributed by atoms with Gasteiger partial charge in [-0.05, 0) is 48.7 Å². The van der Waals surface area contributed by atoms with Crippen molar-refractivity contribution in [1.82, 2.24) is 4.90 Å². The van der Waals surface area contributed by atoms with E-state index in [4.69, 9.17) is 14.7 Å². The lowest BCUT2D eigenvalue weighted by molar-refractivity contribution is 0.0421. The molecule has 1 atom stereocenters. The predicted molar refractivity (Wildman–Crippen MR) is 124 cm³/mol. The van der Waals surface area contributed by atoms with E-state index in [0.717, 1.165) is 11.1 Å². The van der Waals surface area contributed by atoms with Gasteiger partial charge in [-0.3, -0.25) is 10.1 Å². The van der Waals surface area contributed by atoms with E-state index in [-0.39, 0.29) is 37.9 Å². The molecule has 2 aliphatic heterocycles. The minimum Gasteiger partial charge on any atom is -0.443 e. The largest absolute Gasteiger partial charge is 0.443 e. The maximum atomic E-state index is 15.6. The van der Waals surface area contributed by atoms with Crippen molar-refractivity contribution in [2.45, 2.75) is 44.9 Å². The number of carbonyl (C=O) groups excluding carboxylic acids is 2. The van der Waals surface area contributed by atoms with Crippen LogP contribution < -0.4 is 5.32 Å². The number of benzene rings is 2. The minimum absolute atomic E-state index is 0.177. The maximum Gasteiger partial charge on any atom is 0.411 e. The molecule has 0 spiro atoms. The van der Waals surface area contributed by atoms with Crippen molar-refractivity contribution in [2.24, 2.45) is 0 Å².